The van der Waals surface area contributed by atoms with Crippen LogP contribution in [0.25, 0.3) is 0 Å². The minimum Gasteiger partial charge on any atom is -0.351 e. The Labute approximate surface area is 90.7 Å². The molecule has 0 bridgehead atoms. The number of hydrogen-bond donors (Lipinski definition) is 2. The van der Waals surface area contributed by atoms with Gasteiger partial charge in [0.2, 0.25) is 0 Å². The Hall–Kier alpha value is -1.35. The molecule has 0 radical (unpaired) electrons. The van der Waals surface area contributed by atoms with E-state index < -0.39 is 0 Å². The Morgan fingerprint density at radius 1 is 1.27 bits per heavy atom. The number of benzene rings is 1. The summed E-state index contributed by atoms with van der Waals surface area (Å²) in [5, 5.41) is 2.79. The van der Waals surface area contributed by atoms with Crippen molar-refractivity contribution in [3.8, 4) is 0 Å². The fourth-order valence-corrected chi connectivity index (χ4v) is 1.81. The van der Waals surface area contributed by atoms with Crippen LogP contribution in [-0.2, 0) is 0 Å². The molecule has 1 amide bonds. The summed E-state index contributed by atoms with van der Waals surface area (Å²) in [5.41, 5.74) is 9.33. The third kappa shape index (κ3) is 2.80. The van der Waals surface area contributed by atoms with Gasteiger partial charge in [-0.2, -0.15) is 0 Å². The van der Waals surface area contributed by atoms with Crippen molar-refractivity contribution in [2.45, 2.75) is 20.8 Å². The summed E-state index contributed by atoms with van der Waals surface area (Å²) in [6.07, 6.45) is 0. The van der Waals surface area contributed by atoms with E-state index in [1.807, 2.05) is 32.9 Å². The van der Waals surface area contributed by atoms with Crippen molar-refractivity contribution in [3.63, 3.8) is 0 Å². The van der Waals surface area contributed by atoms with Gasteiger partial charge in [-0.15, -0.1) is 0 Å². The molecule has 15 heavy (non-hydrogen) atoms. The summed E-state index contributed by atoms with van der Waals surface area (Å²) in [7, 11) is 0. The van der Waals surface area contributed by atoms with E-state index >= 15 is 0 Å². The van der Waals surface area contributed by atoms with Gasteiger partial charge in [0.05, 0.1) is 0 Å². The fraction of sp³-hybridized carbons (Fsp3) is 0.417. The Morgan fingerprint density at radius 2 is 1.80 bits per heavy atom. The van der Waals surface area contributed by atoms with Crippen molar-refractivity contribution < 1.29 is 4.79 Å². The maximum Gasteiger partial charge on any atom is 0.251 e. The lowest BCUT2D eigenvalue weighted by Crippen LogP contribution is -2.30. The van der Waals surface area contributed by atoms with Crippen LogP contribution >= 0.6 is 0 Å². The van der Waals surface area contributed by atoms with Crippen LogP contribution in [0, 0.1) is 20.8 Å². The molecule has 0 atom stereocenters. The predicted molar refractivity (Wildman–Crippen MR) is 62.0 cm³/mol. The van der Waals surface area contributed by atoms with Crippen molar-refractivity contribution >= 4 is 5.91 Å². The molecular weight excluding hydrogens is 188 g/mol. The van der Waals surface area contributed by atoms with Crippen LogP contribution in [0.1, 0.15) is 27.0 Å². The maximum atomic E-state index is 11.8. The zero-order valence-electron chi connectivity index (χ0n) is 9.55. The van der Waals surface area contributed by atoms with E-state index in [0.717, 1.165) is 16.7 Å². The summed E-state index contributed by atoms with van der Waals surface area (Å²) in [5.74, 6) is -0.0320. The van der Waals surface area contributed by atoms with Gasteiger partial charge in [-0.1, -0.05) is 17.7 Å². The molecule has 0 fully saturated rings. The second kappa shape index (κ2) is 4.94. The average molecular weight is 206 g/mol. The van der Waals surface area contributed by atoms with Crippen LogP contribution in [0.3, 0.4) is 0 Å². The van der Waals surface area contributed by atoms with Crippen molar-refractivity contribution in [2.75, 3.05) is 13.1 Å². The van der Waals surface area contributed by atoms with E-state index in [2.05, 4.69) is 5.32 Å². The maximum absolute atomic E-state index is 11.8. The van der Waals surface area contributed by atoms with Crippen molar-refractivity contribution in [2.24, 2.45) is 5.73 Å². The standard InChI is InChI=1S/C12H18N2O/c1-8-6-9(2)11(10(3)7-8)12(15)14-5-4-13/h6-7H,4-5,13H2,1-3H3,(H,14,15). The zero-order chi connectivity index (χ0) is 11.4. The number of nitrogens with two attached hydrogens (primary N) is 1. The average Bonchev–Trinajstić information content (AvgIpc) is 2.12. The number of carbonyl (C=O) groups excluding carboxylic acids is 1. The topological polar surface area (TPSA) is 55.1 Å². The van der Waals surface area contributed by atoms with Gasteiger partial charge in [-0.05, 0) is 31.9 Å². The molecule has 0 heterocycles. The van der Waals surface area contributed by atoms with E-state index in [0.29, 0.717) is 13.1 Å². The molecule has 1 aromatic rings. The van der Waals surface area contributed by atoms with Crippen LogP contribution in [0.4, 0.5) is 0 Å². The first-order valence-corrected chi connectivity index (χ1v) is 5.12. The molecule has 82 valence electrons. The first kappa shape index (κ1) is 11.7. The molecule has 3 heteroatoms. The van der Waals surface area contributed by atoms with Gasteiger partial charge in [0.1, 0.15) is 0 Å². The largest absolute Gasteiger partial charge is 0.351 e. The minimum atomic E-state index is -0.0320. The summed E-state index contributed by atoms with van der Waals surface area (Å²) in [6, 6.07) is 4.04. The van der Waals surface area contributed by atoms with Crippen LogP contribution in [0.5, 0.6) is 0 Å². The highest BCUT2D eigenvalue weighted by molar-refractivity contribution is 5.97. The van der Waals surface area contributed by atoms with E-state index in [1.54, 1.807) is 0 Å². The second-order valence-electron chi connectivity index (χ2n) is 3.82. The molecule has 0 aliphatic rings. The number of hydrogen-bond acceptors (Lipinski definition) is 2. The Balaban J connectivity index is 2.98. The lowest BCUT2D eigenvalue weighted by Gasteiger charge is -2.11. The third-order valence-electron chi connectivity index (χ3n) is 2.33. The van der Waals surface area contributed by atoms with Gasteiger partial charge >= 0.3 is 0 Å². The SMILES string of the molecule is Cc1cc(C)c(C(=O)NCCN)c(C)c1. The summed E-state index contributed by atoms with van der Waals surface area (Å²) in [6.45, 7) is 6.93. The number of amides is 1. The predicted octanol–water partition coefficient (Wildman–Crippen LogP) is 1.30. The molecule has 0 aliphatic heterocycles. The number of nitrogens with one attached hydrogen (secondary N) is 1. The quantitative estimate of drug-likeness (QED) is 0.783. The summed E-state index contributed by atoms with van der Waals surface area (Å²) >= 11 is 0. The molecule has 0 saturated heterocycles. The van der Waals surface area contributed by atoms with Crippen LogP contribution in [0.2, 0.25) is 0 Å². The monoisotopic (exact) mass is 206 g/mol. The number of aryl methyl sites for hydroxylation is 3. The van der Waals surface area contributed by atoms with Gasteiger partial charge in [0.15, 0.2) is 0 Å². The minimum absolute atomic E-state index is 0.0320. The van der Waals surface area contributed by atoms with Gasteiger partial charge in [0, 0.05) is 18.7 Å². The molecular formula is C12H18N2O. The molecule has 1 rings (SSSR count). The van der Waals surface area contributed by atoms with E-state index in [9.17, 15) is 4.79 Å². The first-order valence-electron chi connectivity index (χ1n) is 5.12. The van der Waals surface area contributed by atoms with E-state index in [4.69, 9.17) is 5.73 Å². The summed E-state index contributed by atoms with van der Waals surface area (Å²) in [4.78, 5) is 11.8. The van der Waals surface area contributed by atoms with Crippen molar-refractivity contribution in [1.29, 1.82) is 0 Å². The third-order valence-corrected chi connectivity index (χ3v) is 2.33. The zero-order valence-corrected chi connectivity index (χ0v) is 9.55. The Kier molecular flexibility index (Phi) is 3.86. The molecule has 0 aliphatic carbocycles. The molecule has 0 aromatic heterocycles. The summed E-state index contributed by atoms with van der Waals surface area (Å²) < 4.78 is 0. The van der Waals surface area contributed by atoms with Crippen LogP contribution < -0.4 is 11.1 Å². The van der Waals surface area contributed by atoms with Crippen molar-refractivity contribution in [1.82, 2.24) is 5.32 Å². The Bertz CT molecular complexity index is 349. The van der Waals surface area contributed by atoms with Gasteiger partial charge in [-0.25, -0.2) is 0 Å². The van der Waals surface area contributed by atoms with Crippen LogP contribution in [0.15, 0.2) is 12.1 Å². The molecule has 0 saturated carbocycles. The fourth-order valence-electron chi connectivity index (χ4n) is 1.81. The van der Waals surface area contributed by atoms with Crippen molar-refractivity contribution in [3.05, 3.63) is 34.4 Å². The smallest absolute Gasteiger partial charge is 0.251 e. The molecule has 0 unspecified atom stereocenters. The van der Waals surface area contributed by atoms with Gasteiger partial charge < -0.3 is 11.1 Å². The lowest BCUT2D eigenvalue weighted by molar-refractivity contribution is 0.0953. The highest BCUT2D eigenvalue weighted by Crippen LogP contribution is 2.15. The van der Waals surface area contributed by atoms with Crippen LogP contribution in [-0.4, -0.2) is 19.0 Å². The van der Waals surface area contributed by atoms with Gasteiger partial charge in [0.25, 0.3) is 5.91 Å². The molecule has 1 aromatic carbocycles. The highest BCUT2D eigenvalue weighted by atomic mass is 16.1. The molecule has 3 N–H and O–H groups in total. The Morgan fingerprint density at radius 3 is 2.27 bits per heavy atom. The van der Waals surface area contributed by atoms with Gasteiger partial charge in [-0.3, -0.25) is 4.79 Å². The van der Waals surface area contributed by atoms with E-state index in [1.165, 1.54) is 5.56 Å². The molecule has 3 nitrogen and oxygen atoms in total. The highest BCUT2D eigenvalue weighted by Gasteiger charge is 2.11. The lowest BCUT2D eigenvalue weighted by atomic mass is 9.99. The van der Waals surface area contributed by atoms with E-state index in [-0.39, 0.29) is 5.91 Å². The normalized spacial score (nSPS) is 10.1. The molecule has 0 spiro atoms. The first-order chi connectivity index (χ1) is 7.06. The number of rotatable bonds is 3. The second-order valence-corrected chi connectivity index (χ2v) is 3.82. The number of carbonyl (C=O) groups is 1.